The zero-order chi connectivity index (χ0) is 21.3. The smallest absolute Gasteiger partial charge is 0.322 e. The molecule has 0 saturated heterocycles. The minimum absolute atomic E-state index is 0.0239. The molecule has 0 aliphatic carbocycles. The van der Waals surface area contributed by atoms with Crippen molar-refractivity contribution in [3.8, 4) is 0 Å². The SMILES string of the molecule is CC(C)N(CC(=O)N(Cc1ccccc1)Cc1ccco1)C(=O)Nc1ccccc1. The summed E-state index contributed by atoms with van der Waals surface area (Å²) in [5, 5.41) is 2.86. The first-order valence-electron chi connectivity index (χ1n) is 9.99. The largest absolute Gasteiger partial charge is 0.467 e. The van der Waals surface area contributed by atoms with Crippen molar-refractivity contribution in [1.82, 2.24) is 9.80 Å². The van der Waals surface area contributed by atoms with Crippen molar-refractivity contribution in [3.63, 3.8) is 0 Å². The van der Waals surface area contributed by atoms with Gasteiger partial charge in [0, 0.05) is 18.3 Å². The third-order valence-corrected chi connectivity index (χ3v) is 4.71. The number of urea groups is 1. The minimum Gasteiger partial charge on any atom is -0.467 e. The third kappa shape index (κ3) is 5.98. The first-order chi connectivity index (χ1) is 14.5. The summed E-state index contributed by atoms with van der Waals surface area (Å²) < 4.78 is 5.44. The molecule has 0 spiro atoms. The van der Waals surface area contributed by atoms with Crippen LogP contribution in [0.15, 0.2) is 83.5 Å². The van der Waals surface area contributed by atoms with Gasteiger partial charge in [-0.25, -0.2) is 4.79 Å². The molecule has 1 heterocycles. The molecule has 3 amide bonds. The molecule has 0 radical (unpaired) electrons. The van der Waals surface area contributed by atoms with Gasteiger partial charge in [0.15, 0.2) is 0 Å². The molecule has 0 unspecified atom stereocenters. The molecule has 6 nitrogen and oxygen atoms in total. The summed E-state index contributed by atoms with van der Waals surface area (Å²) in [5.41, 5.74) is 1.71. The third-order valence-electron chi connectivity index (χ3n) is 4.71. The van der Waals surface area contributed by atoms with E-state index in [4.69, 9.17) is 4.42 Å². The first kappa shape index (κ1) is 21.2. The molecule has 0 bridgehead atoms. The quantitative estimate of drug-likeness (QED) is 0.588. The summed E-state index contributed by atoms with van der Waals surface area (Å²) in [6.45, 7) is 4.54. The lowest BCUT2D eigenvalue weighted by molar-refractivity contribution is -0.133. The molecule has 3 rings (SSSR count). The van der Waals surface area contributed by atoms with Crippen molar-refractivity contribution >= 4 is 17.6 Å². The Labute approximate surface area is 177 Å². The molecule has 3 aromatic rings. The van der Waals surface area contributed by atoms with Gasteiger partial charge in [-0.3, -0.25) is 4.79 Å². The van der Waals surface area contributed by atoms with Crippen LogP contribution in [0.3, 0.4) is 0 Å². The number of hydrogen-bond donors (Lipinski definition) is 1. The Hall–Kier alpha value is -3.54. The van der Waals surface area contributed by atoms with Gasteiger partial charge in [0.05, 0.1) is 12.8 Å². The number of anilines is 1. The van der Waals surface area contributed by atoms with E-state index in [9.17, 15) is 9.59 Å². The van der Waals surface area contributed by atoms with E-state index < -0.39 is 0 Å². The molecular formula is C24H27N3O3. The topological polar surface area (TPSA) is 65.8 Å². The van der Waals surface area contributed by atoms with Crippen molar-refractivity contribution in [2.24, 2.45) is 0 Å². The van der Waals surface area contributed by atoms with Gasteiger partial charge < -0.3 is 19.5 Å². The molecule has 30 heavy (non-hydrogen) atoms. The standard InChI is InChI=1S/C24H27N3O3/c1-19(2)27(24(29)25-21-12-7-4-8-13-21)18-23(28)26(17-22-14-9-15-30-22)16-20-10-5-3-6-11-20/h3-15,19H,16-18H2,1-2H3,(H,25,29). The molecule has 0 atom stereocenters. The van der Waals surface area contributed by atoms with Crippen LogP contribution in [0.5, 0.6) is 0 Å². The van der Waals surface area contributed by atoms with Gasteiger partial charge in [0.2, 0.25) is 5.91 Å². The fourth-order valence-electron chi connectivity index (χ4n) is 3.08. The molecule has 0 aliphatic rings. The van der Waals surface area contributed by atoms with Crippen molar-refractivity contribution < 1.29 is 14.0 Å². The van der Waals surface area contributed by atoms with Crippen molar-refractivity contribution in [1.29, 1.82) is 0 Å². The zero-order valence-corrected chi connectivity index (χ0v) is 17.3. The number of benzene rings is 2. The number of nitrogens with zero attached hydrogens (tertiary/aromatic N) is 2. The highest BCUT2D eigenvalue weighted by molar-refractivity contribution is 5.92. The molecule has 6 heteroatoms. The van der Waals surface area contributed by atoms with E-state index in [1.807, 2.05) is 80.6 Å². The van der Waals surface area contributed by atoms with Crippen LogP contribution in [-0.4, -0.2) is 34.3 Å². The Morgan fingerprint density at radius 1 is 0.900 bits per heavy atom. The van der Waals surface area contributed by atoms with E-state index in [0.29, 0.717) is 24.5 Å². The van der Waals surface area contributed by atoms with Gasteiger partial charge in [-0.2, -0.15) is 0 Å². The number of carbonyl (C=O) groups excluding carboxylic acids is 2. The van der Waals surface area contributed by atoms with Crippen molar-refractivity contribution in [3.05, 3.63) is 90.4 Å². The highest BCUT2D eigenvalue weighted by atomic mass is 16.3. The first-order valence-corrected chi connectivity index (χ1v) is 9.99. The number of hydrogen-bond acceptors (Lipinski definition) is 3. The Balaban J connectivity index is 1.73. The molecule has 156 valence electrons. The Kier molecular flexibility index (Phi) is 7.27. The highest BCUT2D eigenvalue weighted by Crippen LogP contribution is 2.14. The second kappa shape index (κ2) is 10.3. The lowest BCUT2D eigenvalue weighted by atomic mass is 10.2. The maximum absolute atomic E-state index is 13.2. The van der Waals surface area contributed by atoms with Crippen molar-refractivity contribution in [2.75, 3.05) is 11.9 Å². The summed E-state index contributed by atoms with van der Waals surface area (Å²) >= 11 is 0. The number of furan rings is 1. The number of nitrogens with one attached hydrogen (secondary N) is 1. The van der Waals surface area contributed by atoms with Crippen LogP contribution < -0.4 is 5.32 Å². The van der Waals surface area contributed by atoms with E-state index in [1.165, 1.54) is 4.90 Å². The van der Waals surface area contributed by atoms with Crippen LogP contribution in [-0.2, 0) is 17.9 Å². The van der Waals surface area contributed by atoms with Gasteiger partial charge in [0.25, 0.3) is 0 Å². The summed E-state index contributed by atoms with van der Waals surface area (Å²) in [6, 6.07) is 22.2. The number of para-hydroxylation sites is 1. The van der Waals surface area contributed by atoms with Crippen molar-refractivity contribution in [2.45, 2.75) is 33.0 Å². The average Bonchev–Trinajstić information content (AvgIpc) is 3.25. The summed E-state index contributed by atoms with van der Waals surface area (Å²) in [5.74, 6) is 0.552. The van der Waals surface area contributed by atoms with Crippen LogP contribution in [0.2, 0.25) is 0 Å². The Morgan fingerprint density at radius 2 is 1.57 bits per heavy atom. The van der Waals surface area contributed by atoms with Gasteiger partial charge in [-0.1, -0.05) is 48.5 Å². The molecule has 2 aromatic carbocycles. The van der Waals surface area contributed by atoms with Gasteiger partial charge in [-0.15, -0.1) is 0 Å². The summed E-state index contributed by atoms with van der Waals surface area (Å²) in [4.78, 5) is 29.3. The second-order valence-electron chi connectivity index (χ2n) is 7.33. The predicted octanol–water partition coefficient (Wildman–Crippen LogP) is 4.75. The monoisotopic (exact) mass is 405 g/mol. The van der Waals surface area contributed by atoms with E-state index in [1.54, 1.807) is 17.2 Å². The summed E-state index contributed by atoms with van der Waals surface area (Å²) in [7, 11) is 0. The summed E-state index contributed by atoms with van der Waals surface area (Å²) in [6.07, 6.45) is 1.59. The van der Waals surface area contributed by atoms with Crippen LogP contribution in [0.4, 0.5) is 10.5 Å². The number of rotatable bonds is 8. The minimum atomic E-state index is -0.304. The predicted molar refractivity (Wildman–Crippen MR) is 117 cm³/mol. The van der Waals surface area contributed by atoms with Gasteiger partial charge in [-0.05, 0) is 43.7 Å². The molecule has 0 fully saturated rings. The van der Waals surface area contributed by atoms with Gasteiger partial charge >= 0.3 is 6.03 Å². The van der Waals surface area contributed by atoms with Crippen LogP contribution in [0, 0.1) is 0 Å². The fraction of sp³-hybridized carbons (Fsp3) is 0.250. The number of carbonyl (C=O) groups is 2. The second-order valence-corrected chi connectivity index (χ2v) is 7.33. The zero-order valence-electron chi connectivity index (χ0n) is 17.3. The lowest BCUT2D eigenvalue weighted by Gasteiger charge is -2.30. The Bertz CT molecular complexity index is 925. The molecule has 1 N–H and O–H groups in total. The number of amides is 3. The highest BCUT2D eigenvalue weighted by Gasteiger charge is 2.24. The van der Waals surface area contributed by atoms with Crippen LogP contribution >= 0.6 is 0 Å². The average molecular weight is 405 g/mol. The maximum atomic E-state index is 13.2. The van der Waals surface area contributed by atoms with E-state index in [2.05, 4.69) is 5.32 Å². The van der Waals surface area contributed by atoms with Gasteiger partial charge in [0.1, 0.15) is 12.3 Å². The molecule has 1 aromatic heterocycles. The van der Waals surface area contributed by atoms with E-state index in [-0.39, 0.29) is 24.5 Å². The Morgan fingerprint density at radius 3 is 2.17 bits per heavy atom. The molecular weight excluding hydrogens is 378 g/mol. The molecule has 0 aliphatic heterocycles. The fourth-order valence-corrected chi connectivity index (χ4v) is 3.08. The van der Waals surface area contributed by atoms with E-state index in [0.717, 1.165) is 5.56 Å². The maximum Gasteiger partial charge on any atom is 0.322 e. The van der Waals surface area contributed by atoms with E-state index >= 15 is 0 Å². The van der Waals surface area contributed by atoms with Crippen LogP contribution in [0.1, 0.15) is 25.2 Å². The molecule has 0 saturated carbocycles. The van der Waals surface area contributed by atoms with Crippen LogP contribution in [0.25, 0.3) is 0 Å². The normalized spacial score (nSPS) is 10.6. The lowest BCUT2D eigenvalue weighted by Crippen LogP contribution is -2.47.